The third-order valence-corrected chi connectivity index (χ3v) is 12.6. The lowest BCUT2D eigenvalue weighted by Crippen LogP contribution is -2.51. The first kappa shape index (κ1) is 29.2. The van der Waals surface area contributed by atoms with Gasteiger partial charge in [-0.15, -0.1) is 0 Å². The van der Waals surface area contributed by atoms with Crippen molar-refractivity contribution < 1.29 is 0 Å². The fourth-order valence-electron chi connectivity index (χ4n) is 10.1. The van der Waals surface area contributed by atoms with Gasteiger partial charge in [0.05, 0.1) is 0 Å². The lowest BCUT2D eigenvalue weighted by Gasteiger charge is -2.60. The summed E-state index contributed by atoms with van der Waals surface area (Å²) in [4.78, 5) is 2.46. The molecule has 0 radical (unpaired) electrons. The third kappa shape index (κ3) is 5.62. The van der Waals surface area contributed by atoms with E-state index in [-0.39, 0.29) is 0 Å². The number of rotatable bonds is 12. The van der Waals surface area contributed by atoms with Crippen molar-refractivity contribution in [3.63, 3.8) is 0 Å². The van der Waals surface area contributed by atoms with Gasteiger partial charge in [0.2, 0.25) is 0 Å². The maximum Gasteiger partial charge on any atom is 0.0297 e. The van der Waals surface area contributed by atoms with E-state index >= 15 is 0 Å². The van der Waals surface area contributed by atoms with Crippen LogP contribution in [0.25, 0.3) is 0 Å². The molecule has 0 bridgehead atoms. The van der Waals surface area contributed by atoms with Crippen LogP contribution in [-0.2, 0) is 0 Å². The Bertz CT molecular complexity index is 806. The number of hydrogen-bond donors (Lipinski definition) is 1. The summed E-state index contributed by atoms with van der Waals surface area (Å²) < 4.78 is 0. The molecule has 0 amide bonds. The Hall–Kier alpha value is -0.760. The highest BCUT2D eigenvalue weighted by Gasteiger charge is 2.61. The fourth-order valence-corrected chi connectivity index (χ4v) is 10.1. The molecule has 0 spiro atoms. The summed E-state index contributed by atoms with van der Waals surface area (Å²) in [6, 6.07) is 0. The van der Waals surface area contributed by atoms with Crippen LogP contribution < -0.4 is 5.73 Å². The van der Waals surface area contributed by atoms with Crippen LogP contribution >= 0.6 is 0 Å². The molecular formula is C35H62N2. The van der Waals surface area contributed by atoms with Gasteiger partial charge in [0, 0.05) is 25.3 Å². The van der Waals surface area contributed by atoms with Gasteiger partial charge in [-0.1, -0.05) is 79.0 Å². The molecule has 4 aliphatic carbocycles. The van der Waals surface area contributed by atoms with E-state index in [2.05, 4.69) is 59.1 Å². The summed E-state index contributed by atoms with van der Waals surface area (Å²) in [5, 5.41) is 0. The number of unbranched alkanes of at least 4 members (excludes halogenated alkanes) is 1. The molecule has 4 aliphatic rings. The van der Waals surface area contributed by atoms with Gasteiger partial charge in [-0.25, -0.2) is 0 Å². The molecule has 37 heavy (non-hydrogen) atoms. The Kier molecular flexibility index (Phi) is 9.30. The largest absolute Gasteiger partial charge is 0.374 e. The Morgan fingerprint density at radius 1 is 1.05 bits per heavy atom. The number of hydrogen-bond acceptors (Lipinski definition) is 2. The van der Waals surface area contributed by atoms with E-state index in [1.54, 1.807) is 0 Å². The van der Waals surface area contributed by atoms with Crippen molar-refractivity contribution in [3.8, 4) is 0 Å². The molecule has 212 valence electrons. The van der Waals surface area contributed by atoms with E-state index in [0.29, 0.717) is 16.2 Å². The fraction of sp³-hybridized carbons (Fsp3) is 0.886. The van der Waals surface area contributed by atoms with Crippen LogP contribution in [0.2, 0.25) is 0 Å². The molecule has 7 atom stereocenters. The first-order valence-electron chi connectivity index (χ1n) is 16.4. The van der Waals surface area contributed by atoms with Crippen LogP contribution in [0.3, 0.4) is 0 Å². The molecule has 0 aliphatic heterocycles. The van der Waals surface area contributed by atoms with Crippen LogP contribution in [0.5, 0.6) is 0 Å². The lowest BCUT2D eigenvalue weighted by molar-refractivity contribution is -0.0721. The molecule has 0 aromatic carbocycles. The topological polar surface area (TPSA) is 29.3 Å². The molecule has 3 fully saturated rings. The van der Waals surface area contributed by atoms with Gasteiger partial charge in [-0.05, 0) is 116 Å². The molecule has 0 aromatic rings. The molecule has 0 aromatic heterocycles. The first-order chi connectivity index (χ1) is 17.6. The number of fused-ring (bicyclic) bond motifs is 5. The van der Waals surface area contributed by atoms with Gasteiger partial charge in [0.1, 0.15) is 0 Å². The monoisotopic (exact) mass is 510 g/mol. The predicted molar refractivity (Wildman–Crippen MR) is 161 cm³/mol. The molecule has 0 saturated heterocycles. The van der Waals surface area contributed by atoms with Gasteiger partial charge >= 0.3 is 0 Å². The second-order valence-corrected chi connectivity index (χ2v) is 15.1. The summed E-state index contributed by atoms with van der Waals surface area (Å²) in [6.07, 6.45) is 22.2. The lowest BCUT2D eigenvalue weighted by atomic mass is 9.45. The standard InChI is InChI=1S/C35H62N2/c1-8-22-37(23-21-36)27(4)24-28-14-19-34(6)29(25-28)12-13-30-31(34)16-20-35(7)32(30)15-18-33(35,5)17-10-9-11-26(2)3/h12,26,28,30-32H,4,8-11,13-25,36H2,1-3,5-7H3. The van der Waals surface area contributed by atoms with E-state index in [0.717, 1.165) is 55.6 Å². The van der Waals surface area contributed by atoms with E-state index in [1.807, 2.05) is 5.57 Å². The van der Waals surface area contributed by atoms with E-state index in [9.17, 15) is 0 Å². The van der Waals surface area contributed by atoms with Gasteiger partial charge in [0.25, 0.3) is 0 Å². The van der Waals surface area contributed by atoms with Crippen LogP contribution in [-0.4, -0.2) is 24.5 Å². The maximum atomic E-state index is 5.91. The molecule has 2 N–H and O–H groups in total. The van der Waals surface area contributed by atoms with Gasteiger partial charge in [-0.2, -0.15) is 0 Å². The van der Waals surface area contributed by atoms with Crippen molar-refractivity contribution in [2.24, 2.45) is 51.6 Å². The molecule has 0 heterocycles. The van der Waals surface area contributed by atoms with Crippen molar-refractivity contribution in [2.45, 2.75) is 131 Å². The minimum atomic E-state index is 0.457. The van der Waals surface area contributed by atoms with Crippen molar-refractivity contribution in [1.29, 1.82) is 0 Å². The second kappa shape index (κ2) is 11.8. The zero-order valence-corrected chi connectivity index (χ0v) is 25.7. The highest BCUT2D eigenvalue weighted by atomic mass is 15.1. The maximum absolute atomic E-state index is 5.91. The number of nitrogens with zero attached hydrogens (tertiary/aromatic N) is 1. The van der Waals surface area contributed by atoms with Crippen molar-refractivity contribution in [1.82, 2.24) is 4.90 Å². The zero-order valence-electron chi connectivity index (χ0n) is 25.7. The predicted octanol–water partition coefficient (Wildman–Crippen LogP) is 9.36. The van der Waals surface area contributed by atoms with Gasteiger partial charge < -0.3 is 10.6 Å². The van der Waals surface area contributed by atoms with Gasteiger partial charge in [-0.3, -0.25) is 0 Å². The molecule has 4 rings (SSSR count). The first-order valence-corrected chi connectivity index (χ1v) is 16.4. The van der Waals surface area contributed by atoms with Crippen LogP contribution in [0.15, 0.2) is 23.9 Å². The number of nitrogens with two attached hydrogens (primary N) is 1. The summed E-state index contributed by atoms with van der Waals surface area (Å²) >= 11 is 0. The van der Waals surface area contributed by atoms with E-state index in [4.69, 9.17) is 5.73 Å². The average Bonchev–Trinajstić information content (AvgIpc) is 3.12. The van der Waals surface area contributed by atoms with Crippen molar-refractivity contribution in [3.05, 3.63) is 23.9 Å². The van der Waals surface area contributed by atoms with Gasteiger partial charge in [0.15, 0.2) is 0 Å². The third-order valence-electron chi connectivity index (χ3n) is 12.6. The molecule has 2 heteroatoms. The minimum absolute atomic E-state index is 0.457. The van der Waals surface area contributed by atoms with Crippen LogP contribution in [0.1, 0.15) is 131 Å². The number of allylic oxidation sites excluding steroid dienone is 3. The second-order valence-electron chi connectivity index (χ2n) is 15.1. The highest BCUT2D eigenvalue weighted by molar-refractivity contribution is 5.26. The molecule has 2 nitrogen and oxygen atoms in total. The summed E-state index contributed by atoms with van der Waals surface area (Å²) in [5.74, 6) is 4.43. The molecule has 7 unspecified atom stereocenters. The average molecular weight is 511 g/mol. The van der Waals surface area contributed by atoms with Crippen LogP contribution in [0.4, 0.5) is 0 Å². The summed E-state index contributed by atoms with van der Waals surface area (Å²) in [7, 11) is 0. The van der Waals surface area contributed by atoms with Crippen molar-refractivity contribution >= 4 is 0 Å². The van der Waals surface area contributed by atoms with E-state index in [1.165, 1.54) is 89.2 Å². The quantitative estimate of drug-likeness (QED) is 0.209. The SMILES string of the molecule is C=C(CC1CCC2(C)C(=CCC3C2CCC2(C)C3CCC2(C)CCCCC(C)C)C1)N(CCC)CCN. The zero-order chi connectivity index (χ0) is 26.8. The van der Waals surface area contributed by atoms with E-state index < -0.39 is 0 Å². The Morgan fingerprint density at radius 3 is 2.51 bits per heavy atom. The minimum Gasteiger partial charge on any atom is -0.374 e. The summed E-state index contributed by atoms with van der Waals surface area (Å²) in [6.45, 7) is 22.4. The van der Waals surface area contributed by atoms with Crippen molar-refractivity contribution in [2.75, 3.05) is 19.6 Å². The summed E-state index contributed by atoms with van der Waals surface area (Å²) in [5.41, 5.74) is 10.7. The molecular weight excluding hydrogens is 448 g/mol. The Balaban J connectivity index is 1.42. The Labute approximate surface area is 231 Å². The smallest absolute Gasteiger partial charge is 0.0297 e. The Morgan fingerprint density at radius 2 is 1.81 bits per heavy atom. The van der Waals surface area contributed by atoms with Crippen LogP contribution in [0, 0.1) is 45.8 Å². The molecule has 3 saturated carbocycles. The highest BCUT2D eigenvalue weighted by Crippen LogP contribution is 2.70. The normalized spacial score (nSPS) is 39.1.